The van der Waals surface area contributed by atoms with Crippen molar-refractivity contribution in [2.45, 2.75) is 46.4 Å². The Kier molecular flexibility index (Phi) is 10.3. The molecule has 234 valence electrons. The molecule has 0 N–H and O–H groups in total. The van der Waals surface area contributed by atoms with Gasteiger partial charge >= 0.3 is 5.97 Å². The quantitative estimate of drug-likeness (QED) is 0.168. The van der Waals surface area contributed by atoms with Crippen molar-refractivity contribution in [3.63, 3.8) is 0 Å². The van der Waals surface area contributed by atoms with Crippen LogP contribution in [0, 0.1) is 0 Å². The van der Waals surface area contributed by atoms with E-state index in [0.717, 1.165) is 20.1 Å². The minimum atomic E-state index is -0.781. The maximum Gasteiger partial charge on any atom is 0.338 e. The van der Waals surface area contributed by atoms with Crippen LogP contribution in [0.5, 0.6) is 17.2 Å². The number of benzene rings is 3. The molecule has 3 aromatic carbocycles. The van der Waals surface area contributed by atoms with Gasteiger partial charge in [0.2, 0.25) is 0 Å². The van der Waals surface area contributed by atoms with E-state index in [9.17, 15) is 9.59 Å². The molecular weight excluding hydrogens is 724 g/mol. The highest BCUT2D eigenvalue weighted by atomic mass is 79.9. The number of allylic oxidation sites excluding steroid dienone is 1. The minimum Gasteiger partial charge on any atom is -0.493 e. The number of hydrogen-bond acceptors (Lipinski definition) is 8. The van der Waals surface area contributed by atoms with Crippen LogP contribution >= 0.6 is 43.2 Å². The summed E-state index contributed by atoms with van der Waals surface area (Å²) >= 11 is 8.51. The lowest BCUT2D eigenvalue weighted by atomic mass is 9.95. The van der Waals surface area contributed by atoms with Gasteiger partial charge in [-0.05, 0) is 107 Å². The maximum atomic E-state index is 14.1. The number of nitrogens with zero attached hydrogens (tertiary/aromatic N) is 2. The van der Waals surface area contributed by atoms with E-state index in [1.165, 1.54) is 11.3 Å². The number of fused-ring (bicyclic) bond motifs is 1. The molecule has 5 rings (SSSR count). The first kappa shape index (κ1) is 32.7. The van der Waals surface area contributed by atoms with Crippen LogP contribution in [0.3, 0.4) is 0 Å². The predicted octanol–water partition coefficient (Wildman–Crippen LogP) is 6.70. The number of methoxy groups -OCH3 is 1. The van der Waals surface area contributed by atoms with Crippen LogP contribution in [-0.4, -0.2) is 30.4 Å². The number of thiazole rings is 1. The van der Waals surface area contributed by atoms with Crippen LogP contribution in [-0.2, 0) is 16.1 Å². The lowest BCUT2D eigenvalue weighted by Crippen LogP contribution is -2.40. The number of esters is 1. The van der Waals surface area contributed by atoms with E-state index in [2.05, 4.69) is 36.9 Å². The number of hydrogen-bond donors (Lipinski definition) is 0. The molecule has 1 aromatic heterocycles. The fraction of sp³-hybridized carbons (Fsp3) is 0.265. The van der Waals surface area contributed by atoms with Gasteiger partial charge in [0.1, 0.15) is 12.4 Å². The third-order valence-electron chi connectivity index (χ3n) is 6.93. The largest absolute Gasteiger partial charge is 0.493 e. The van der Waals surface area contributed by atoms with E-state index >= 15 is 0 Å². The number of ether oxygens (including phenoxy) is 4. The molecule has 11 heteroatoms. The number of carbonyl (C=O) groups excluding carboxylic acids is 1. The van der Waals surface area contributed by atoms with Gasteiger partial charge in [0.15, 0.2) is 16.3 Å². The molecule has 8 nitrogen and oxygen atoms in total. The molecule has 0 aliphatic carbocycles. The van der Waals surface area contributed by atoms with Gasteiger partial charge in [-0.2, -0.15) is 0 Å². The van der Waals surface area contributed by atoms with Gasteiger partial charge in [0.05, 0.1) is 50.6 Å². The summed E-state index contributed by atoms with van der Waals surface area (Å²) in [6, 6.07) is 18.3. The van der Waals surface area contributed by atoms with E-state index in [-0.39, 0.29) is 18.3 Å². The van der Waals surface area contributed by atoms with E-state index in [1.807, 2.05) is 62.4 Å². The van der Waals surface area contributed by atoms with Crippen LogP contribution < -0.4 is 29.1 Å². The summed E-state index contributed by atoms with van der Waals surface area (Å²) < 4.78 is 26.5. The van der Waals surface area contributed by atoms with Gasteiger partial charge < -0.3 is 18.9 Å². The molecule has 0 radical (unpaired) electrons. The molecule has 0 amide bonds. The molecule has 0 fully saturated rings. The van der Waals surface area contributed by atoms with Gasteiger partial charge in [-0.3, -0.25) is 9.36 Å². The number of halogens is 2. The summed E-state index contributed by atoms with van der Waals surface area (Å²) in [6.45, 7) is 7.95. The van der Waals surface area contributed by atoms with Crippen molar-refractivity contribution in [3.8, 4) is 17.2 Å². The van der Waals surface area contributed by atoms with Crippen molar-refractivity contribution in [2.24, 2.45) is 4.99 Å². The first-order valence-corrected chi connectivity index (χ1v) is 16.7. The van der Waals surface area contributed by atoms with E-state index in [0.29, 0.717) is 50.0 Å². The minimum absolute atomic E-state index is 0.0655. The number of carbonyl (C=O) groups is 1. The second-order valence-electron chi connectivity index (χ2n) is 10.5. The third kappa shape index (κ3) is 7.10. The molecule has 45 heavy (non-hydrogen) atoms. The second kappa shape index (κ2) is 14.2. The highest BCUT2D eigenvalue weighted by Crippen LogP contribution is 2.37. The molecule has 1 aliphatic heterocycles. The molecular formula is C34H32Br2N2O6S. The Morgan fingerprint density at radius 1 is 1.07 bits per heavy atom. The zero-order valence-corrected chi connectivity index (χ0v) is 29.4. The lowest BCUT2D eigenvalue weighted by molar-refractivity contribution is -0.139. The van der Waals surface area contributed by atoms with Gasteiger partial charge in [-0.15, -0.1) is 0 Å². The third-order valence-corrected chi connectivity index (χ3v) is 9.09. The molecule has 0 bridgehead atoms. The van der Waals surface area contributed by atoms with Gasteiger partial charge in [0, 0.05) is 0 Å². The van der Waals surface area contributed by atoms with Crippen molar-refractivity contribution < 1.29 is 23.7 Å². The molecule has 1 atom stereocenters. The highest BCUT2D eigenvalue weighted by Gasteiger charge is 2.34. The molecule has 4 aromatic rings. The Balaban J connectivity index is 1.59. The Bertz CT molecular complexity index is 1930. The predicted molar refractivity (Wildman–Crippen MR) is 182 cm³/mol. The summed E-state index contributed by atoms with van der Waals surface area (Å²) in [4.78, 5) is 32.5. The second-order valence-corrected chi connectivity index (χ2v) is 13.2. The zero-order valence-electron chi connectivity index (χ0n) is 25.4. The van der Waals surface area contributed by atoms with E-state index in [4.69, 9.17) is 18.9 Å². The Morgan fingerprint density at radius 3 is 2.42 bits per heavy atom. The molecule has 0 saturated heterocycles. The fourth-order valence-corrected chi connectivity index (χ4v) is 7.49. The van der Waals surface area contributed by atoms with E-state index < -0.39 is 12.0 Å². The Hall–Kier alpha value is -3.67. The molecule has 1 aliphatic rings. The average molecular weight is 757 g/mol. The summed E-state index contributed by atoms with van der Waals surface area (Å²) in [5.74, 6) is 1.18. The van der Waals surface area contributed by atoms with Crippen molar-refractivity contribution in [3.05, 3.63) is 117 Å². The average Bonchev–Trinajstić information content (AvgIpc) is 3.30. The summed E-state index contributed by atoms with van der Waals surface area (Å²) in [5.41, 5.74) is 2.99. The standard InChI is InChI=1S/C34H32Br2N2O6S/c1-6-42-33(40)29-20(4)37-34-38(30(29)23-12-13-26(44-19(2)3)27(17-23)41-5)32(39)28(45-34)16-22-14-24(35)31(25(36)15-22)43-18-21-10-8-7-9-11-21/h7-17,19,30H,6,18H2,1-5H3/b28-16-/t30-/m0/s1. The monoisotopic (exact) mass is 754 g/mol. The topological polar surface area (TPSA) is 88.4 Å². The first-order valence-electron chi connectivity index (χ1n) is 14.3. The Labute approximate surface area is 281 Å². The summed E-state index contributed by atoms with van der Waals surface area (Å²) in [7, 11) is 1.55. The summed E-state index contributed by atoms with van der Waals surface area (Å²) in [5, 5.41) is 0. The van der Waals surface area contributed by atoms with Crippen LogP contribution in [0.15, 0.2) is 90.7 Å². The van der Waals surface area contributed by atoms with Crippen LogP contribution in [0.2, 0.25) is 0 Å². The fourth-order valence-electron chi connectivity index (χ4n) is 4.99. The lowest BCUT2D eigenvalue weighted by Gasteiger charge is -2.25. The zero-order chi connectivity index (χ0) is 32.2. The molecule has 0 saturated carbocycles. The maximum absolute atomic E-state index is 14.1. The normalized spacial score (nSPS) is 14.7. The number of rotatable bonds is 10. The molecule has 0 unspecified atom stereocenters. The number of aromatic nitrogens is 1. The van der Waals surface area contributed by atoms with Crippen molar-refractivity contribution in [1.29, 1.82) is 0 Å². The molecule has 2 heterocycles. The summed E-state index contributed by atoms with van der Waals surface area (Å²) in [6.07, 6.45) is 1.74. The van der Waals surface area contributed by atoms with Gasteiger partial charge in [-0.25, -0.2) is 9.79 Å². The first-order chi connectivity index (χ1) is 21.6. The van der Waals surface area contributed by atoms with E-state index in [1.54, 1.807) is 43.7 Å². The van der Waals surface area contributed by atoms with Gasteiger partial charge in [0.25, 0.3) is 5.56 Å². The van der Waals surface area contributed by atoms with Crippen LogP contribution in [0.4, 0.5) is 0 Å². The van der Waals surface area contributed by atoms with Gasteiger partial charge in [-0.1, -0.05) is 47.7 Å². The highest BCUT2D eigenvalue weighted by molar-refractivity contribution is 9.11. The van der Waals surface area contributed by atoms with Crippen molar-refractivity contribution >= 4 is 55.2 Å². The smallest absolute Gasteiger partial charge is 0.338 e. The van der Waals surface area contributed by atoms with Crippen LogP contribution in [0.1, 0.15) is 50.4 Å². The Morgan fingerprint density at radius 2 is 1.78 bits per heavy atom. The van der Waals surface area contributed by atoms with Crippen LogP contribution in [0.25, 0.3) is 6.08 Å². The molecule has 0 spiro atoms. The SMILES string of the molecule is CCOC(=O)C1=C(C)N=c2s/c(=C\c3cc(Br)c(OCc4ccccc4)c(Br)c3)c(=O)n2[C@H]1c1ccc(OC(C)C)c(OC)c1. The van der Waals surface area contributed by atoms with Crippen molar-refractivity contribution in [2.75, 3.05) is 13.7 Å². The van der Waals surface area contributed by atoms with Crippen molar-refractivity contribution in [1.82, 2.24) is 4.57 Å².